The molecule has 1 N–H and O–H groups in total. The first-order valence-electron chi connectivity index (χ1n) is 9.21. The third-order valence-electron chi connectivity index (χ3n) is 5.02. The number of carbonyl (C=O) groups excluding carboxylic acids is 1. The molecule has 0 fully saturated rings. The van der Waals surface area contributed by atoms with Crippen LogP contribution in [0.4, 0.5) is 4.79 Å². The second-order valence-electron chi connectivity index (χ2n) is 6.74. The zero-order chi connectivity index (χ0) is 18.6. The lowest BCUT2D eigenvalue weighted by atomic mass is 10.0. The van der Waals surface area contributed by atoms with Crippen LogP contribution < -0.4 is 5.32 Å². The molecule has 1 atom stereocenters. The van der Waals surface area contributed by atoms with Gasteiger partial charge in [0, 0.05) is 36.0 Å². The summed E-state index contributed by atoms with van der Waals surface area (Å²) in [4.78, 5) is 14.9. The predicted octanol–water partition coefficient (Wildman–Crippen LogP) is 4.61. The number of urea groups is 1. The maximum absolute atomic E-state index is 13.0. The van der Waals surface area contributed by atoms with Gasteiger partial charge in [-0.3, -0.25) is 0 Å². The molecule has 0 saturated heterocycles. The van der Waals surface area contributed by atoms with Crippen molar-refractivity contribution >= 4 is 22.0 Å². The second kappa shape index (κ2) is 8.01. The molecule has 2 aromatic carbocycles. The van der Waals surface area contributed by atoms with E-state index in [0.29, 0.717) is 13.1 Å². The number of amides is 2. The molecule has 0 saturated carbocycles. The van der Waals surface area contributed by atoms with Crippen LogP contribution in [0.25, 0.3) is 0 Å². The van der Waals surface area contributed by atoms with Crippen LogP contribution in [0.1, 0.15) is 22.9 Å². The summed E-state index contributed by atoms with van der Waals surface area (Å²) in [5.74, 6) is 0. The Morgan fingerprint density at radius 1 is 1.00 bits per heavy atom. The number of hydrogen-bond donors (Lipinski definition) is 1. The highest BCUT2D eigenvalue weighted by Gasteiger charge is 2.31. The maximum atomic E-state index is 13.0. The number of carbonyl (C=O) groups is 1. The number of rotatable bonds is 4. The molecule has 0 unspecified atom stereocenters. The minimum Gasteiger partial charge on any atom is -0.348 e. The molecule has 0 spiro atoms. The summed E-state index contributed by atoms with van der Waals surface area (Å²) < 4.78 is 3.27. The van der Waals surface area contributed by atoms with Crippen molar-refractivity contribution in [3.63, 3.8) is 0 Å². The third-order valence-corrected chi connectivity index (χ3v) is 5.55. The first kappa shape index (κ1) is 17.9. The van der Waals surface area contributed by atoms with Crippen molar-refractivity contribution in [1.82, 2.24) is 14.8 Å². The lowest BCUT2D eigenvalue weighted by Crippen LogP contribution is -2.47. The fourth-order valence-corrected chi connectivity index (χ4v) is 3.92. The summed E-state index contributed by atoms with van der Waals surface area (Å²) >= 11 is 3.50. The number of benzene rings is 2. The molecule has 0 radical (unpaired) electrons. The molecule has 2 amide bonds. The summed E-state index contributed by atoms with van der Waals surface area (Å²) in [5.41, 5.74) is 3.51. The van der Waals surface area contributed by atoms with E-state index in [0.717, 1.165) is 28.7 Å². The van der Waals surface area contributed by atoms with E-state index < -0.39 is 0 Å². The van der Waals surface area contributed by atoms with E-state index >= 15 is 0 Å². The quantitative estimate of drug-likeness (QED) is 0.653. The zero-order valence-corrected chi connectivity index (χ0v) is 16.6. The largest absolute Gasteiger partial charge is 0.348 e. The van der Waals surface area contributed by atoms with Gasteiger partial charge in [-0.1, -0.05) is 58.4 Å². The van der Waals surface area contributed by atoms with Gasteiger partial charge in [-0.15, -0.1) is 0 Å². The summed E-state index contributed by atoms with van der Waals surface area (Å²) in [6, 6.07) is 22.6. The molecule has 2 heterocycles. The van der Waals surface area contributed by atoms with Gasteiger partial charge in [0.15, 0.2) is 0 Å². The molecular formula is C22H22BrN3O. The van der Waals surface area contributed by atoms with Crippen molar-refractivity contribution in [2.45, 2.75) is 19.0 Å². The first-order valence-corrected chi connectivity index (χ1v) is 10.0. The van der Waals surface area contributed by atoms with E-state index in [4.69, 9.17) is 0 Å². The number of aromatic nitrogens is 1. The van der Waals surface area contributed by atoms with Gasteiger partial charge in [-0.05, 0) is 41.8 Å². The summed E-state index contributed by atoms with van der Waals surface area (Å²) in [5, 5.41) is 3.10. The lowest BCUT2D eigenvalue weighted by molar-refractivity contribution is 0.169. The summed E-state index contributed by atoms with van der Waals surface area (Å²) in [6.07, 6.45) is 2.92. The molecule has 138 valence electrons. The Kier molecular flexibility index (Phi) is 5.30. The topological polar surface area (TPSA) is 37.3 Å². The molecule has 27 heavy (non-hydrogen) atoms. The Hall–Kier alpha value is -2.53. The highest BCUT2D eigenvalue weighted by Crippen LogP contribution is 2.33. The van der Waals surface area contributed by atoms with Crippen molar-refractivity contribution in [2.75, 3.05) is 13.1 Å². The van der Waals surface area contributed by atoms with Crippen LogP contribution in [0.2, 0.25) is 0 Å². The van der Waals surface area contributed by atoms with Crippen LogP contribution in [0.15, 0.2) is 77.4 Å². The van der Waals surface area contributed by atoms with Crippen LogP contribution in [-0.2, 0) is 13.0 Å². The SMILES string of the molecule is O=C(NCCc1ccccc1)N1CCn2cccc2[C@@H]1c1ccc(Br)cc1. The zero-order valence-electron chi connectivity index (χ0n) is 15.0. The van der Waals surface area contributed by atoms with Gasteiger partial charge >= 0.3 is 6.03 Å². The van der Waals surface area contributed by atoms with E-state index in [1.165, 1.54) is 5.56 Å². The fourth-order valence-electron chi connectivity index (χ4n) is 3.66. The Bertz CT molecular complexity index is 905. The minimum atomic E-state index is -0.0708. The van der Waals surface area contributed by atoms with Gasteiger partial charge in [-0.25, -0.2) is 4.79 Å². The Morgan fingerprint density at radius 2 is 1.78 bits per heavy atom. The van der Waals surface area contributed by atoms with E-state index in [-0.39, 0.29) is 12.1 Å². The van der Waals surface area contributed by atoms with Crippen LogP contribution in [-0.4, -0.2) is 28.6 Å². The Balaban J connectivity index is 1.51. The first-order chi connectivity index (χ1) is 13.2. The molecule has 1 aliphatic rings. The number of nitrogens with zero attached hydrogens (tertiary/aromatic N) is 2. The van der Waals surface area contributed by atoms with Crippen molar-refractivity contribution < 1.29 is 4.79 Å². The maximum Gasteiger partial charge on any atom is 0.318 e. The van der Waals surface area contributed by atoms with Crippen LogP contribution in [0, 0.1) is 0 Å². The van der Waals surface area contributed by atoms with Gasteiger partial charge in [0.05, 0.1) is 6.04 Å². The lowest BCUT2D eigenvalue weighted by Gasteiger charge is -2.37. The molecule has 1 aromatic heterocycles. The van der Waals surface area contributed by atoms with Crippen LogP contribution in [0.3, 0.4) is 0 Å². The third kappa shape index (κ3) is 3.93. The normalized spacial score (nSPS) is 16.0. The molecule has 1 aliphatic heterocycles. The number of halogens is 1. The van der Waals surface area contributed by atoms with Crippen molar-refractivity contribution in [3.05, 3.63) is 94.2 Å². The van der Waals surface area contributed by atoms with Gasteiger partial charge < -0.3 is 14.8 Å². The highest BCUT2D eigenvalue weighted by molar-refractivity contribution is 9.10. The molecule has 5 heteroatoms. The van der Waals surface area contributed by atoms with Crippen LogP contribution in [0.5, 0.6) is 0 Å². The van der Waals surface area contributed by atoms with Crippen molar-refractivity contribution in [2.24, 2.45) is 0 Å². The van der Waals surface area contributed by atoms with E-state index in [9.17, 15) is 4.79 Å². The van der Waals surface area contributed by atoms with Gasteiger partial charge in [0.25, 0.3) is 0 Å². The standard InChI is InChI=1S/C22H22BrN3O/c23-19-10-8-18(9-11-19)21-20-7-4-14-25(20)15-16-26(21)22(27)24-13-12-17-5-2-1-3-6-17/h1-11,14,21H,12-13,15-16H2,(H,24,27)/t21-/m0/s1. The van der Waals surface area contributed by atoms with Gasteiger partial charge in [0.2, 0.25) is 0 Å². The summed E-state index contributed by atoms with van der Waals surface area (Å²) in [7, 11) is 0. The highest BCUT2D eigenvalue weighted by atomic mass is 79.9. The van der Waals surface area contributed by atoms with E-state index in [2.05, 4.69) is 68.4 Å². The van der Waals surface area contributed by atoms with Crippen molar-refractivity contribution in [3.8, 4) is 0 Å². The molecule has 0 aliphatic carbocycles. The number of hydrogen-bond acceptors (Lipinski definition) is 1. The average Bonchev–Trinajstić information content (AvgIpc) is 3.17. The number of fused-ring (bicyclic) bond motifs is 1. The number of nitrogens with one attached hydrogen (secondary N) is 1. The average molecular weight is 424 g/mol. The van der Waals surface area contributed by atoms with Crippen molar-refractivity contribution in [1.29, 1.82) is 0 Å². The predicted molar refractivity (Wildman–Crippen MR) is 111 cm³/mol. The minimum absolute atomic E-state index is 0.00806. The molecule has 0 bridgehead atoms. The fraction of sp³-hybridized carbons (Fsp3) is 0.227. The monoisotopic (exact) mass is 423 g/mol. The molecular weight excluding hydrogens is 402 g/mol. The molecule has 4 nitrogen and oxygen atoms in total. The van der Waals surface area contributed by atoms with Gasteiger partial charge in [0.1, 0.15) is 0 Å². The molecule has 4 rings (SSSR count). The van der Waals surface area contributed by atoms with E-state index in [1.54, 1.807) is 0 Å². The van der Waals surface area contributed by atoms with Gasteiger partial charge in [-0.2, -0.15) is 0 Å². The Morgan fingerprint density at radius 3 is 2.56 bits per heavy atom. The van der Waals surface area contributed by atoms with E-state index in [1.807, 2.05) is 35.2 Å². The second-order valence-corrected chi connectivity index (χ2v) is 7.66. The Labute approximate surface area is 167 Å². The summed E-state index contributed by atoms with van der Waals surface area (Å²) in [6.45, 7) is 2.15. The van der Waals surface area contributed by atoms with Crippen LogP contribution >= 0.6 is 15.9 Å². The smallest absolute Gasteiger partial charge is 0.318 e. The molecule has 3 aromatic rings.